The zero-order valence-corrected chi connectivity index (χ0v) is 17.2. The Labute approximate surface area is 170 Å². The number of likely N-dealkylation sites (tertiary alicyclic amines) is 1. The van der Waals surface area contributed by atoms with Crippen molar-refractivity contribution >= 4 is 11.8 Å². The number of benzene rings is 1. The molecule has 0 radical (unpaired) electrons. The first-order valence-corrected chi connectivity index (χ1v) is 9.81. The Hall–Kier alpha value is -2.87. The number of hydrogen-bond acceptors (Lipinski definition) is 6. The van der Waals surface area contributed by atoms with Gasteiger partial charge in [0.2, 0.25) is 5.91 Å². The number of aromatic nitrogens is 1. The predicted octanol–water partition coefficient (Wildman–Crippen LogP) is 1.88. The second-order valence-corrected chi connectivity index (χ2v) is 7.49. The standard InChI is InChI=1S/C21H28N4O4/c1-24(2)12-10-22-20(26)16-5-4-11-25(14-16)21(27)18-13-19(29-23-18)15-6-8-17(28-3)9-7-15/h6-9,13,16H,4-5,10-12,14H2,1-3H3,(H,22,26)/t16-/m0/s1. The number of carbonyl (C=O) groups excluding carboxylic acids is 2. The Morgan fingerprint density at radius 2 is 2.07 bits per heavy atom. The van der Waals surface area contributed by atoms with Crippen molar-refractivity contribution in [3.8, 4) is 17.1 Å². The van der Waals surface area contributed by atoms with Gasteiger partial charge in [-0.25, -0.2) is 0 Å². The largest absolute Gasteiger partial charge is 0.497 e. The zero-order valence-electron chi connectivity index (χ0n) is 17.2. The van der Waals surface area contributed by atoms with Gasteiger partial charge in [-0.2, -0.15) is 0 Å². The third-order valence-corrected chi connectivity index (χ3v) is 5.04. The molecule has 1 aromatic heterocycles. The van der Waals surface area contributed by atoms with E-state index in [1.807, 2.05) is 43.3 Å². The molecule has 1 aromatic carbocycles. The van der Waals surface area contributed by atoms with Crippen LogP contribution in [0.25, 0.3) is 11.3 Å². The van der Waals surface area contributed by atoms with E-state index in [-0.39, 0.29) is 23.4 Å². The van der Waals surface area contributed by atoms with Crippen molar-refractivity contribution in [2.24, 2.45) is 5.92 Å². The molecule has 0 saturated carbocycles. The fourth-order valence-corrected chi connectivity index (χ4v) is 3.35. The molecule has 0 bridgehead atoms. The van der Waals surface area contributed by atoms with Crippen LogP contribution in [0.1, 0.15) is 23.3 Å². The van der Waals surface area contributed by atoms with Gasteiger partial charge in [-0.05, 0) is 51.2 Å². The van der Waals surface area contributed by atoms with E-state index in [0.717, 1.165) is 30.7 Å². The first-order chi connectivity index (χ1) is 14.0. The second kappa shape index (κ2) is 9.56. The summed E-state index contributed by atoms with van der Waals surface area (Å²) < 4.78 is 10.5. The van der Waals surface area contributed by atoms with Crippen molar-refractivity contribution < 1.29 is 18.8 Å². The summed E-state index contributed by atoms with van der Waals surface area (Å²) in [5, 5.41) is 6.90. The summed E-state index contributed by atoms with van der Waals surface area (Å²) in [5.74, 6) is 0.865. The predicted molar refractivity (Wildman–Crippen MR) is 109 cm³/mol. The third-order valence-electron chi connectivity index (χ3n) is 5.04. The molecular weight excluding hydrogens is 372 g/mol. The lowest BCUT2D eigenvalue weighted by Gasteiger charge is -2.31. The van der Waals surface area contributed by atoms with E-state index in [2.05, 4.69) is 10.5 Å². The molecule has 8 nitrogen and oxygen atoms in total. The number of nitrogens with zero attached hydrogens (tertiary/aromatic N) is 3. The second-order valence-electron chi connectivity index (χ2n) is 7.49. The number of likely N-dealkylation sites (N-methyl/N-ethyl adjacent to an activating group) is 1. The molecule has 1 aliphatic heterocycles. The number of ether oxygens (including phenoxy) is 1. The summed E-state index contributed by atoms with van der Waals surface area (Å²) >= 11 is 0. The fourth-order valence-electron chi connectivity index (χ4n) is 3.35. The van der Waals surface area contributed by atoms with E-state index in [1.165, 1.54) is 0 Å². The lowest BCUT2D eigenvalue weighted by molar-refractivity contribution is -0.126. The number of carbonyl (C=O) groups is 2. The number of nitrogens with one attached hydrogen (secondary N) is 1. The number of hydrogen-bond donors (Lipinski definition) is 1. The number of rotatable bonds is 7. The van der Waals surface area contributed by atoms with Gasteiger partial charge in [0.05, 0.1) is 13.0 Å². The highest BCUT2D eigenvalue weighted by atomic mass is 16.5. The molecule has 1 fully saturated rings. The maximum absolute atomic E-state index is 12.9. The number of methoxy groups -OCH3 is 1. The molecule has 2 amide bonds. The van der Waals surface area contributed by atoms with Crippen LogP contribution in [0.4, 0.5) is 0 Å². The van der Waals surface area contributed by atoms with Crippen molar-refractivity contribution in [2.45, 2.75) is 12.8 Å². The minimum Gasteiger partial charge on any atom is -0.497 e. The SMILES string of the molecule is COc1ccc(-c2cc(C(=O)N3CCC[C@H](C(=O)NCCN(C)C)C3)no2)cc1. The van der Waals surface area contributed by atoms with Crippen molar-refractivity contribution in [1.29, 1.82) is 0 Å². The summed E-state index contributed by atoms with van der Waals surface area (Å²) in [6.45, 7) is 2.40. The molecule has 0 spiro atoms. The van der Waals surface area contributed by atoms with Crippen LogP contribution >= 0.6 is 0 Å². The molecular formula is C21H28N4O4. The van der Waals surface area contributed by atoms with Crippen LogP contribution in [-0.4, -0.2) is 74.2 Å². The van der Waals surface area contributed by atoms with E-state index in [0.29, 0.717) is 25.4 Å². The van der Waals surface area contributed by atoms with Crippen molar-refractivity contribution in [1.82, 2.24) is 20.3 Å². The molecule has 0 unspecified atom stereocenters. The first-order valence-electron chi connectivity index (χ1n) is 9.81. The lowest BCUT2D eigenvalue weighted by Crippen LogP contribution is -2.46. The van der Waals surface area contributed by atoms with E-state index in [1.54, 1.807) is 18.1 Å². The van der Waals surface area contributed by atoms with Gasteiger partial charge in [-0.15, -0.1) is 0 Å². The normalized spacial score (nSPS) is 16.7. The van der Waals surface area contributed by atoms with Gasteiger partial charge < -0.3 is 24.4 Å². The lowest BCUT2D eigenvalue weighted by atomic mass is 9.97. The van der Waals surface area contributed by atoms with Crippen LogP contribution in [0.5, 0.6) is 5.75 Å². The van der Waals surface area contributed by atoms with Gasteiger partial charge in [0.15, 0.2) is 11.5 Å². The van der Waals surface area contributed by atoms with Crippen LogP contribution in [0.2, 0.25) is 0 Å². The minimum atomic E-state index is -0.209. The molecule has 1 saturated heterocycles. The zero-order chi connectivity index (χ0) is 20.8. The van der Waals surface area contributed by atoms with Gasteiger partial charge in [-0.1, -0.05) is 5.16 Å². The van der Waals surface area contributed by atoms with Crippen LogP contribution in [-0.2, 0) is 4.79 Å². The quantitative estimate of drug-likeness (QED) is 0.764. The average Bonchev–Trinajstić information content (AvgIpc) is 3.23. The Morgan fingerprint density at radius 3 is 2.76 bits per heavy atom. The van der Waals surface area contributed by atoms with Crippen molar-refractivity contribution in [2.75, 3.05) is 47.4 Å². The topological polar surface area (TPSA) is 87.9 Å². The van der Waals surface area contributed by atoms with E-state index < -0.39 is 0 Å². The molecule has 2 heterocycles. The maximum atomic E-state index is 12.9. The maximum Gasteiger partial charge on any atom is 0.276 e. The Kier molecular flexibility index (Phi) is 6.87. The molecule has 29 heavy (non-hydrogen) atoms. The number of piperidine rings is 1. The van der Waals surface area contributed by atoms with Crippen LogP contribution in [0.15, 0.2) is 34.9 Å². The fraction of sp³-hybridized carbons (Fsp3) is 0.476. The van der Waals surface area contributed by atoms with E-state index >= 15 is 0 Å². The van der Waals surface area contributed by atoms with Crippen LogP contribution in [0, 0.1) is 5.92 Å². The first kappa shape index (κ1) is 20.9. The third kappa shape index (κ3) is 5.35. The molecule has 156 valence electrons. The van der Waals surface area contributed by atoms with E-state index in [9.17, 15) is 9.59 Å². The molecule has 8 heteroatoms. The molecule has 1 N–H and O–H groups in total. The summed E-state index contributed by atoms with van der Waals surface area (Å²) in [6, 6.07) is 8.99. The summed E-state index contributed by atoms with van der Waals surface area (Å²) in [4.78, 5) is 29.0. The van der Waals surface area contributed by atoms with Gasteiger partial charge in [0, 0.05) is 37.8 Å². The van der Waals surface area contributed by atoms with Crippen molar-refractivity contribution in [3.05, 3.63) is 36.0 Å². The van der Waals surface area contributed by atoms with Crippen LogP contribution < -0.4 is 10.1 Å². The summed E-state index contributed by atoms with van der Waals surface area (Å²) in [5.41, 5.74) is 1.07. The summed E-state index contributed by atoms with van der Waals surface area (Å²) in [6.07, 6.45) is 1.58. The Bertz CT molecular complexity index is 831. The van der Waals surface area contributed by atoms with Gasteiger partial charge >= 0.3 is 0 Å². The van der Waals surface area contributed by atoms with E-state index in [4.69, 9.17) is 9.26 Å². The molecule has 3 rings (SSSR count). The smallest absolute Gasteiger partial charge is 0.276 e. The monoisotopic (exact) mass is 400 g/mol. The molecule has 1 atom stereocenters. The van der Waals surface area contributed by atoms with Crippen molar-refractivity contribution in [3.63, 3.8) is 0 Å². The van der Waals surface area contributed by atoms with Gasteiger partial charge in [-0.3, -0.25) is 9.59 Å². The highest BCUT2D eigenvalue weighted by Gasteiger charge is 2.30. The number of amides is 2. The Morgan fingerprint density at radius 1 is 1.31 bits per heavy atom. The highest BCUT2D eigenvalue weighted by Crippen LogP contribution is 2.24. The molecule has 2 aromatic rings. The van der Waals surface area contributed by atoms with Gasteiger partial charge in [0.1, 0.15) is 5.75 Å². The minimum absolute atomic E-state index is 0.00317. The molecule has 0 aliphatic carbocycles. The Balaban J connectivity index is 1.61. The van der Waals surface area contributed by atoms with Crippen LogP contribution in [0.3, 0.4) is 0 Å². The summed E-state index contributed by atoms with van der Waals surface area (Å²) in [7, 11) is 5.53. The highest BCUT2D eigenvalue weighted by molar-refractivity contribution is 5.93. The molecule has 1 aliphatic rings. The van der Waals surface area contributed by atoms with Gasteiger partial charge in [0.25, 0.3) is 5.91 Å². The average molecular weight is 400 g/mol.